The number of rotatable bonds is 8. The van der Waals surface area contributed by atoms with E-state index in [9.17, 15) is 9.59 Å². The fraction of sp³-hybridized carbons (Fsp3) is 0.846. The summed E-state index contributed by atoms with van der Waals surface area (Å²) in [4.78, 5) is 22.5. The Morgan fingerprint density at radius 2 is 2.15 bits per heavy atom. The van der Waals surface area contributed by atoms with Gasteiger partial charge in [0, 0.05) is 19.8 Å². The van der Waals surface area contributed by atoms with Crippen LogP contribution < -0.4 is 10.6 Å². The van der Waals surface area contributed by atoms with Gasteiger partial charge in [0.15, 0.2) is 0 Å². The minimum Gasteiger partial charge on any atom is -0.481 e. The van der Waals surface area contributed by atoms with E-state index in [0.29, 0.717) is 25.7 Å². The summed E-state index contributed by atoms with van der Waals surface area (Å²) in [6, 6.07) is -0.833. The van der Waals surface area contributed by atoms with Gasteiger partial charge in [0.1, 0.15) is 5.92 Å². The quantitative estimate of drug-likeness (QED) is 0.563. The molecule has 7 heteroatoms. The van der Waals surface area contributed by atoms with Gasteiger partial charge in [0.2, 0.25) is 0 Å². The molecule has 1 aliphatic rings. The third-order valence-electron chi connectivity index (χ3n) is 2.92. The molecule has 2 atom stereocenters. The van der Waals surface area contributed by atoms with Crippen molar-refractivity contribution < 1.29 is 24.2 Å². The van der Waals surface area contributed by atoms with E-state index in [1.54, 1.807) is 0 Å². The Labute approximate surface area is 119 Å². The number of carboxylic acids is 1. The lowest BCUT2D eigenvalue weighted by atomic mass is 10.0. The molecule has 20 heavy (non-hydrogen) atoms. The van der Waals surface area contributed by atoms with Gasteiger partial charge in [-0.2, -0.15) is 0 Å². The maximum absolute atomic E-state index is 11.6. The van der Waals surface area contributed by atoms with Crippen LogP contribution >= 0.6 is 0 Å². The Bertz CT molecular complexity index is 322. The molecule has 1 saturated heterocycles. The van der Waals surface area contributed by atoms with E-state index >= 15 is 0 Å². The summed E-state index contributed by atoms with van der Waals surface area (Å²) in [6.07, 6.45) is 0.726. The Kier molecular flexibility index (Phi) is 7.32. The van der Waals surface area contributed by atoms with Crippen molar-refractivity contribution in [3.8, 4) is 0 Å². The topological polar surface area (TPSA) is 96.9 Å². The maximum Gasteiger partial charge on any atom is 0.315 e. The first-order valence-corrected chi connectivity index (χ1v) is 6.93. The van der Waals surface area contributed by atoms with Crippen LogP contribution in [0, 0.1) is 11.8 Å². The molecule has 0 aromatic heterocycles. The second kappa shape index (κ2) is 8.76. The molecule has 0 saturated carbocycles. The Morgan fingerprint density at radius 3 is 2.80 bits per heavy atom. The predicted molar refractivity (Wildman–Crippen MR) is 72.5 cm³/mol. The van der Waals surface area contributed by atoms with Crippen molar-refractivity contribution in [1.29, 1.82) is 0 Å². The number of hydrogen-bond acceptors (Lipinski definition) is 4. The minimum atomic E-state index is -0.949. The molecule has 0 aliphatic carbocycles. The molecular formula is C13H24N2O5. The van der Waals surface area contributed by atoms with E-state index in [2.05, 4.69) is 24.5 Å². The second-order valence-corrected chi connectivity index (χ2v) is 5.31. The fourth-order valence-electron chi connectivity index (χ4n) is 1.85. The van der Waals surface area contributed by atoms with Crippen LogP contribution in [0.2, 0.25) is 0 Å². The van der Waals surface area contributed by atoms with E-state index in [4.69, 9.17) is 14.6 Å². The van der Waals surface area contributed by atoms with E-state index in [1.165, 1.54) is 0 Å². The minimum absolute atomic E-state index is 0.142. The Morgan fingerprint density at radius 1 is 1.40 bits per heavy atom. The number of urea groups is 1. The second-order valence-electron chi connectivity index (χ2n) is 5.31. The van der Waals surface area contributed by atoms with E-state index in [-0.39, 0.29) is 19.2 Å². The van der Waals surface area contributed by atoms with E-state index < -0.39 is 17.9 Å². The van der Waals surface area contributed by atoms with Crippen molar-refractivity contribution in [3.63, 3.8) is 0 Å². The average Bonchev–Trinajstić information content (AvgIpc) is 2.81. The number of carboxylic acid groups (broad SMARTS) is 1. The highest BCUT2D eigenvalue weighted by Gasteiger charge is 2.34. The molecule has 1 heterocycles. The number of amides is 2. The van der Waals surface area contributed by atoms with Crippen molar-refractivity contribution in [3.05, 3.63) is 0 Å². The Balaban J connectivity index is 2.10. The number of carbonyl (C=O) groups is 2. The SMILES string of the molecule is CC(C)COCCCNC(=O)NC1COCC1C(=O)O. The third-order valence-corrected chi connectivity index (χ3v) is 2.92. The van der Waals surface area contributed by atoms with Gasteiger partial charge in [0.05, 0.1) is 19.3 Å². The number of carbonyl (C=O) groups excluding carboxylic acids is 1. The lowest BCUT2D eigenvalue weighted by Crippen LogP contribution is -2.47. The van der Waals surface area contributed by atoms with Crippen molar-refractivity contribution >= 4 is 12.0 Å². The summed E-state index contributed by atoms with van der Waals surface area (Å²) in [6.45, 7) is 6.34. The molecule has 7 nitrogen and oxygen atoms in total. The van der Waals surface area contributed by atoms with Crippen LogP contribution in [0.1, 0.15) is 20.3 Å². The molecule has 0 radical (unpaired) electrons. The highest BCUT2D eigenvalue weighted by Crippen LogP contribution is 2.13. The van der Waals surface area contributed by atoms with Crippen LogP contribution in [0.3, 0.4) is 0 Å². The van der Waals surface area contributed by atoms with Gasteiger partial charge in [-0.1, -0.05) is 13.8 Å². The molecular weight excluding hydrogens is 264 g/mol. The number of aliphatic carboxylic acids is 1. The van der Waals surface area contributed by atoms with Crippen LogP contribution in [-0.2, 0) is 14.3 Å². The summed E-state index contributed by atoms with van der Waals surface area (Å²) in [5, 5.41) is 14.2. The molecule has 0 spiro atoms. The van der Waals surface area contributed by atoms with E-state index in [0.717, 1.165) is 6.42 Å². The molecule has 3 N–H and O–H groups in total. The van der Waals surface area contributed by atoms with Gasteiger partial charge in [-0.05, 0) is 12.3 Å². The van der Waals surface area contributed by atoms with Crippen LogP contribution in [-0.4, -0.2) is 56.1 Å². The first-order chi connectivity index (χ1) is 9.50. The van der Waals surface area contributed by atoms with Crippen LogP contribution in [0.5, 0.6) is 0 Å². The lowest BCUT2D eigenvalue weighted by molar-refractivity contribution is -0.142. The fourth-order valence-corrected chi connectivity index (χ4v) is 1.85. The molecule has 2 amide bonds. The molecule has 1 rings (SSSR count). The molecule has 1 fully saturated rings. The highest BCUT2D eigenvalue weighted by molar-refractivity contribution is 5.77. The molecule has 0 aromatic rings. The zero-order valence-corrected chi connectivity index (χ0v) is 12.1. The summed E-state index contributed by atoms with van der Waals surface area (Å²) in [5.41, 5.74) is 0. The number of ether oxygens (including phenoxy) is 2. The number of nitrogens with one attached hydrogen (secondary N) is 2. The summed E-state index contributed by atoms with van der Waals surface area (Å²) < 4.78 is 10.5. The maximum atomic E-state index is 11.6. The van der Waals surface area contributed by atoms with Crippen molar-refractivity contribution in [2.45, 2.75) is 26.3 Å². The number of hydrogen-bond donors (Lipinski definition) is 3. The van der Waals surface area contributed by atoms with Gasteiger partial charge in [0.25, 0.3) is 0 Å². The molecule has 0 aromatic carbocycles. The predicted octanol–water partition coefficient (Wildman–Crippen LogP) is 0.448. The average molecular weight is 288 g/mol. The van der Waals surface area contributed by atoms with Gasteiger partial charge in [-0.3, -0.25) is 4.79 Å². The lowest BCUT2D eigenvalue weighted by Gasteiger charge is -2.16. The summed E-state index contributed by atoms with van der Waals surface area (Å²) >= 11 is 0. The van der Waals surface area contributed by atoms with Crippen molar-refractivity contribution in [2.75, 3.05) is 33.0 Å². The Hall–Kier alpha value is -1.34. The van der Waals surface area contributed by atoms with Crippen molar-refractivity contribution in [1.82, 2.24) is 10.6 Å². The first kappa shape index (κ1) is 16.7. The monoisotopic (exact) mass is 288 g/mol. The normalized spacial score (nSPS) is 21.9. The zero-order valence-electron chi connectivity index (χ0n) is 12.1. The highest BCUT2D eigenvalue weighted by atomic mass is 16.5. The van der Waals surface area contributed by atoms with Crippen LogP contribution in [0.4, 0.5) is 4.79 Å². The molecule has 2 unspecified atom stereocenters. The van der Waals surface area contributed by atoms with Gasteiger partial charge < -0.3 is 25.2 Å². The van der Waals surface area contributed by atoms with Gasteiger partial charge in [-0.15, -0.1) is 0 Å². The van der Waals surface area contributed by atoms with E-state index in [1.807, 2.05) is 0 Å². The first-order valence-electron chi connectivity index (χ1n) is 6.93. The van der Waals surface area contributed by atoms with Gasteiger partial charge in [-0.25, -0.2) is 4.79 Å². The molecule has 1 aliphatic heterocycles. The zero-order chi connectivity index (χ0) is 15.0. The van der Waals surface area contributed by atoms with Crippen molar-refractivity contribution in [2.24, 2.45) is 11.8 Å². The summed E-state index contributed by atoms with van der Waals surface area (Å²) in [7, 11) is 0. The standard InChI is InChI=1S/C13H24N2O5/c1-9(2)6-19-5-3-4-14-13(18)15-11-8-20-7-10(11)12(16)17/h9-11H,3-8H2,1-2H3,(H,16,17)(H2,14,15,18). The van der Waals surface area contributed by atoms with Crippen LogP contribution in [0.15, 0.2) is 0 Å². The smallest absolute Gasteiger partial charge is 0.315 e. The summed E-state index contributed by atoms with van der Waals surface area (Å²) in [5.74, 6) is -1.12. The molecule has 0 bridgehead atoms. The molecule has 116 valence electrons. The third kappa shape index (κ3) is 6.21. The van der Waals surface area contributed by atoms with Gasteiger partial charge >= 0.3 is 12.0 Å². The largest absolute Gasteiger partial charge is 0.481 e. The van der Waals surface area contributed by atoms with Crippen LogP contribution in [0.25, 0.3) is 0 Å².